The summed E-state index contributed by atoms with van der Waals surface area (Å²) in [5.74, 6) is -2.48. The highest BCUT2D eigenvalue weighted by molar-refractivity contribution is 7.85. The van der Waals surface area contributed by atoms with Gasteiger partial charge in [-0.2, -0.15) is 8.42 Å². The molecule has 0 spiro atoms. The molecule has 1 fully saturated rings. The van der Waals surface area contributed by atoms with Crippen molar-refractivity contribution in [3.05, 3.63) is 0 Å². The van der Waals surface area contributed by atoms with E-state index in [9.17, 15) is 43.0 Å². The third-order valence-electron chi connectivity index (χ3n) is 11.5. The molecule has 1 aliphatic heterocycles. The number of hydrogen-bond acceptors (Lipinski definition) is 11. The lowest BCUT2D eigenvalue weighted by Crippen LogP contribution is -2.64. The van der Waals surface area contributed by atoms with E-state index in [0.717, 1.165) is 51.4 Å². The summed E-state index contributed by atoms with van der Waals surface area (Å²) < 4.78 is 49.6. The molecule has 13 heteroatoms. The van der Waals surface area contributed by atoms with Gasteiger partial charge < -0.3 is 34.6 Å². The number of aliphatic hydroxyl groups is 4. The second-order valence-electron chi connectivity index (χ2n) is 16.9. The molecule has 0 aromatic heterocycles. The van der Waals surface area contributed by atoms with E-state index < -0.39 is 77.1 Å². The van der Waals surface area contributed by atoms with Gasteiger partial charge in [0.15, 0.2) is 12.2 Å². The van der Waals surface area contributed by atoms with Crippen LogP contribution in [0.2, 0.25) is 0 Å². The molecule has 1 heterocycles. The number of carbonyl (C=O) groups excluding carboxylic acids is 2. The highest BCUT2D eigenvalue weighted by atomic mass is 32.2. The average Bonchev–Trinajstić information content (AvgIpc) is 3.19. The lowest BCUT2D eigenvalue weighted by Gasteiger charge is -2.44. The van der Waals surface area contributed by atoms with Crippen LogP contribution in [0, 0.1) is 0 Å². The third-order valence-corrected chi connectivity index (χ3v) is 12.3. The molecule has 2 unspecified atom stereocenters. The Bertz CT molecular complexity index is 1110. The fourth-order valence-electron chi connectivity index (χ4n) is 7.88. The predicted molar refractivity (Wildman–Crippen MR) is 229 cm³/mol. The summed E-state index contributed by atoms with van der Waals surface area (Å²) in [7, 11) is -4.70. The summed E-state index contributed by atoms with van der Waals surface area (Å²) in [5.41, 5.74) is 0. The summed E-state index contributed by atoms with van der Waals surface area (Å²) in [5, 5.41) is 42.2. The van der Waals surface area contributed by atoms with E-state index >= 15 is 0 Å². The molecule has 0 aromatic rings. The third kappa shape index (κ3) is 27.5. The van der Waals surface area contributed by atoms with Crippen LogP contribution in [0.1, 0.15) is 219 Å². The van der Waals surface area contributed by atoms with E-state index in [1.165, 1.54) is 128 Å². The predicted octanol–water partition coefficient (Wildman–Crippen LogP) is 9.06. The van der Waals surface area contributed by atoms with Crippen LogP contribution in [0.3, 0.4) is 0 Å². The van der Waals surface area contributed by atoms with Crippen LogP contribution >= 0.6 is 0 Å². The monoisotopic (exact) mass is 851 g/mol. The fraction of sp³-hybridized carbons (Fsp3) is 0.956. The number of ether oxygens (including phenoxy) is 3. The Hall–Kier alpha value is -1.35. The van der Waals surface area contributed by atoms with E-state index in [1.54, 1.807) is 0 Å². The maximum Gasteiger partial charge on any atom is 0.306 e. The minimum atomic E-state index is -4.70. The maximum atomic E-state index is 13.1. The lowest BCUT2D eigenvalue weighted by molar-refractivity contribution is -0.255. The Labute approximate surface area is 352 Å². The number of carbonyl (C=O) groups is 2. The average molecular weight is 851 g/mol. The van der Waals surface area contributed by atoms with Gasteiger partial charge in [0.1, 0.15) is 36.3 Å². The summed E-state index contributed by atoms with van der Waals surface area (Å²) in [6.07, 6.45) is 22.8. The van der Waals surface area contributed by atoms with Crippen LogP contribution in [-0.4, -0.2) is 100 Å². The second kappa shape index (κ2) is 35.3. The summed E-state index contributed by atoms with van der Waals surface area (Å²) in [4.78, 5) is 26.0. The molecular weight excluding hydrogens is 765 g/mol. The van der Waals surface area contributed by atoms with Crippen molar-refractivity contribution in [1.29, 1.82) is 0 Å². The van der Waals surface area contributed by atoms with E-state index in [2.05, 4.69) is 13.8 Å². The molecule has 0 aliphatic carbocycles. The largest absolute Gasteiger partial charge is 0.456 e. The zero-order valence-electron chi connectivity index (χ0n) is 36.6. The summed E-state index contributed by atoms with van der Waals surface area (Å²) in [6, 6.07) is 0. The van der Waals surface area contributed by atoms with Crippen molar-refractivity contribution >= 4 is 22.1 Å². The van der Waals surface area contributed by atoms with Gasteiger partial charge in [-0.1, -0.05) is 194 Å². The van der Waals surface area contributed by atoms with Gasteiger partial charge >= 0.3 is 11.9 Å². The molecule has 0 saturated carbocycles. The normalized spacial score (nSPS) is 20.8. The van der Waals surface area contributed by atoms with Gasteiger partial charge in [0.2, 0.25) is 0 Å². The van der Waals surface area contributed by atoms with Gasteiger partial charge in [-0.15, -0.1) is 0 Å². The first-order valence-corrected chi connectivity index (χ1v) is 25.2. The van der Waals surface area contributed by atoms with Crippen LogP contribution in [0.4, 0.5) is 0 Å². The van der Waals surface area contributed by atoms with Crippen LogP contribution in [-0.2, 0) is 33.9 Å². The Morgan fingerprint density at radius 1 is 0.517 bits per heavy atom. The van der Waals surface area contributed by atoms with Crippen LogP contribution in [0.25, 0.3) is 0 Å². The SMILES string of the molecule is CCCCCCCCCCCCCCCCCC(=O)OC(CO)C(OC(=O)CCCCCCCCCCCCCCCCC)[C@@H]1O[C@H](CS(=O)(=O)O)[C@H](O)[C@H](O)[C@H]1O. The van der Waals surface area contributed by atoms with Crippen molar-refractivity contribution in [2.24, 2.45) is 0 Å². The molecule has 0 radical (unpaired) electrons. The molecule has 1 rings (SSSR count). The maximum absolute atomic E-state index is 13.1. The van der Waals surface area contributed by atoms with Crippen molar-refractivity contribution < 1.29 is 57.2 Å². The number of rotatable bonds is 39. The van der Waals surface area contributed by atoms with Crippen molar-refractivity contribution in [1.82, 2.24) is 0 Å². The highest BCUT2D eigenvalue weighted by Gasteiger charge is 2.51. The minimum absolute atomic E-state index is 0.00240. The van der Waals surface area contributed by atoms with Gasteiger partial charge in [0.25, 0.3) is 10.1 Å². The standard InChI is InChI=1S/C45H86O12S/c1-3-5-7-9-11-13-15-17-19-21-23-25-27-29-31-33-39(47)55-37(35-46)44(45-43(51)42(50)41(49)38(56-45)36-58(52,53)54)57-40(48)34-32-30-28-26-24-22-20-18-16-14-12-10-8-6-4-2/h37-38,41-46,49-51H,3-36H2,1-2H3,(H,52,53,54)/t37?,38-,41+,42+,43-,44?,45-/m1/s1. The molecule has 12 nitrogen and oxygen atoms in total. The first kappa shape index (κ1) is 54.7. The first-order chi connectivity index (χ1) is 27.9. The van der Waals surface area contributed by atoms with Gasteiger partial charge in [-0.05, 0) is 12.8 Å². The van der Waals surface area contributed by atoms with Crippen LogP contribution < -0.4 is 0 Å². The molecule has 0 bridgehead atoms. The zero-order valence-corrected chi connectivity index (χ0v) is 37.4. The molecule has 0 aromatic carbocycles. The molecule has 7 atom stereocenters. The Morgan fingerprint density at radius 2 is 0.845 bits per heavy atom. The molecule has 0 amide bonds. The molecular formula is C45H86O12S. The topological polar surface area (TPSA) is 197 Å². The van der Waals surface area contributed by atoms with Crippen molar-refractivity contribution in [3.8, 4) is 0 Å². The fourth-order valence-corrected chi connectivity index (χ4v) is 8.57. The van der Waals surface area contributed by atoms with Gasteiger partial charge in [-0.25, -0.2) is 0 Å². The highest BCUT2D eigenvalue weighted by Crippen LogP contribution is 2.29. The molecule has 58 heavy (non-hydrogen) atoms. The smallest absolute Gasteiger partial charge is 0.306 e. The zero-order chi connectivity index (χ0) is 42.9. The van der Waals surface area contributed by atoms with Crippen LogP contribution in [0.15, 0.2) is 0 Å². The Kier molecular flexibility index (Phi) is 33.2. The molecule has 1 saturated heterocycles. The van der Waals surface area contributed by atoms with Gasteiger partial charge in [-0.3, -0.25) is 14.1 Å². The lowest BCUT2D eigenvalue weighted by atomic mass is 9.90. The number of esters is 2. The van der Waals surface area contributed by atoms with Gasteiger partial charge in [0, 0.05) is 12.8 Å². The Balaban J connectivity index is 2.57. The van der Waals surface area contributed by atoms with E-state index in [-0.39, 0.29) is 12.8 Å². The number of hydrogen-bond donors (Lipinski definition) is 5. The molecule has 344 valence electrons. The summed E-state index contributed by atoms with van der Waals surface area (Å²) in [6.45, 7) is 3.65. The van der Waals surface area contributed by atoms with Crippen LogP contribution in [0.5, 0.6) is 0 Å². The van der Waals surface area contributed by atoms with Crippen molar-refractivity contribution in [2.45, 2.75) is 262 Å². The van der Waals surface area contributed by atoms with E-state index in [1.807, 2.05) is 0 Å². The van der Waals surface area contributed by atoms with Gasteiger partial charge in [0.05, 0.1) is 6.61 Å². The first-order valence-electron chi connectivity index (χ1n) is 23.6. The summed E-state index contributed by atoms with van der Waals surface area (Å²) >= 11 is 0. The number of aliphatic hydroxyl groups excluding tert-OH is 4. The van der Waals surface area contributed by atoms with E-state index in [0.29, 0.717) is 12.8 Å². The minimum Gasteiger partial charge on any atom is -0.456 e. The molecule has 5 N–H and O–H groups in total. The molecule has 1 aliphatic rings. The second-order valence-corrected chi connectivity index (χ2v) is 18.4. The quantitative estimate of drug-likeness (QED) is 0.0224. The van der Waals surface area contributed by atoms with Crippen molar-refractivity contribution in [2.75, 3.05) is 12.4 Å². The van der Waals surface area contributed by atoms with E-state index in [4.69, 9.17) is 14.2 Å². The van der Waals surface area contributed by atoms with Crippen molar-refractivity contribution in [3.63, 3.8) is 0 Å². The Morgan fingerprint density at radius 3 is 1.17 bits per heavy atom. The number of unbranched alkanes of at least 4 members (excludes halogenated alkanes) is 28.